The summed E-state index contributed by atoms with van der Waals surface area (Å²) in [7, 11) is 0. The van der Waals surface area contributed by atoms with Gasteiger partial charge in [0.2, 0.25) is 17.7 Å². The van der Waals surface area contributed by atoms with Crippen molar-refractivity contribution in [2.24, 2.45) is 11.5 Å². The van der Waals surface area contributed by atoms with E-state index in [9.17, 15) is 19.2 Å². The molecule has 1 unspecified atom stereocenters. The number of rotatable bonds is 15. The van der Waals surface area contributed by atoms with Gasteiger partial charge in [-0.05, 0) is 30.9 Å². The van der Waals surface area contributed by atoms with E-state index in [1.165, 1.54) is 4.90 Å². The maximum atomic E-state index is 13.9. The van der Waals surface area contributed by atoms with E-state index < -0.39 is 35.8 Å². The largest absolute Gasteiger partial charge is 0.481 e. The van der Waals surface area contributed by atoms with Crippen LogP contribution < -0.4 is 16.8 Å². The van der Waals surface area contributed by atoms with Crippen molar-refractivity contribution in [2.75, 3.05) is 6.54 Å². The van der Waals surface area contributed by atoms with Crippen molar-refractivity contribution in [3.05, 3.63) is 71.8 Å². The summed E-state index contributed by atoms with van der Waals surface area (Å²) in [6.45, 7) is 2.10. The van der Waals surface area contributed by atoms with Gasteiger partial charge < -0.3 is 26.8 Å². The first-order valence-corrected chi connectivity index (χ1v) is 12.1. The van der Waals surface area contributed by atoms with E-state index in [-0.39, 0.29) is 38.3 Å². The lowest BCUT2D eigenvalue weighted by atomic mass is 9.99. The van der Waals surface area contributed by atoms with Crippen LogP contribution in [-0.2, 0) is 32.0 Å². The fourth-order valence-electron chi connectivity index (χ4n) is 3.94. The minimum absolute atomic E-state index is 0.0843. The van der Waals surface area contributed by atoms with Crippen molar-refractivity contribution < 1.29 is 24.3 Å². The van der Waals surface area contributed by atoms with E-state index in [0.717, 1.165) is 11.1 Å². The van der Waals surface area contributed by atoms with Crippen molar-refractivity contribution in [2.45, 2.75) is 63.6 Å². The Balaban J connectivity index is 2.36. The second kappa shape index (κ2) is 14.6. The Morgan fingerprint density at radius 3 is 1.97 bits per heavy atom. The Morgan fingerprint density at radius 2 is 1.47 bits per heavy atom. The molecule has 2 aromatic rings. The third kappa shape index (κ3) is 9.87. The minimum Gasteiger partial charge on any atom is -0.481 e. The number of nitrogens with two attached hydrogens (primary N) is 2. The van der Waals surface area contributed by atoms with E-state index in [1.54, 1.807) is 0 Å². The van der Waals surface area contributed by atoms with E-state index in [2.05, 4.69) is 5.32 Å². The summed E-state index contributed by atoms with van der Waals surface area (Å²) in [6.07, 6.45) is 0.974. The zero-order chi connectivity index (χ0) is 26.5. The summed E-state index contributed by atoms with van der Waals surface area (Å²) in [5.74, 6) is -2.76. The minimum atomic E-state index is -1.11. The highest BCUT2D eigenvalue weighted by Gasteiger charge is 2.33. The molecule has 0 aliphatic heterocycles. The maximum Gasteiger partial charge on any atom is 0.303 e. The molecule has 0 saturated carbocycles. The van der Waals surface area contributed by atoms with Crippen molar-refractivity contribution >= 4 is 23.7 Å². The molecule has 36 heavy (non-hydrogen) atoms. The van der Waals surface area contributed by atoms with Crippen molar-refractivity contribution in [1.82, 2.24) is 10.2 Å². The molecule has 0 heterocycles. The third-order valence-corrected chi connectivity index (χ3v) is 5.80. The predicted molar refractivity (Wildman–Crippen MR) is 137 cm³/mol. The number of carbonyl (C=O) groups is 4. The van der Waals surface area contributed by atoms with Gasteiger partial charge in [-0.25, -0.2) is 0 Å². The van der Waals surface area contributed by atoms with Crippen molar-refractivity contribution in [3.8, 4) is 0 Å². The second-order valence-corrected chi connectivity index (χ2v) is 8.96. The number of carboxylic acid groups (broad SMARTS) is 1. The fraction of sp³-hybridized carbons (Fsp3) is 0.407. The smallest absolute Gasteiger partial charge is 0.303 e. The lowest BCUT2D eigenvalue weighted by Crippen LogP contribution is -2.56. The number of nitrogens with zero attached hydrogens (tertiary/aromatic N) is 1. The van der Waals surface area contributed by atoms with Crippen LogP contribution in [0.25, 0.3) is 0 Å². The van der Waals surface area contributed by atoms with E-state index in [0.29, 0.717) is 12.8 Å². The van der Waals surface area contributed by atoms with E-state index >= 15 is 0 Å². The molecule has 0 aliphatic carbocycles. The maximum absolute atomic E-state index is 13.9. The molecule has 0 radical (unpaired) electrons. The van der Waals surface area contributed by atoms with Gasteiger partial charge in [0.1, 0.15) is 12.1 Å². The number of nitrogens with one attached hydrogen (secondary N) is 1. The molecule has 0 spiro atoms. The van der Waals surface area contributed by atoms with Gasteiger partial charge in [0.15, 0.2) is 0 Å². The molecule has 0 aromatic heterocycles. The van der Waals surface area contributed by atoms with Crippen LogP contribution in [0.1, 0.15) is 43.7 Å². The standard InChI is InChI=1S/C27H36N4O5/c1-19(28)9-8-16-31(23(26(29)35)18-21-12-6-3-7-13-21)27(36)22(17-20-10-4-2-5-11-20)30-24(32)14-15-25(33)34/h2-7,10-13,19,22-23H,8-9,14-18,28H2,1H3,(H2,29,35)(H,30,32)(H,33,34)/t19?,22-,23-/m0/s1. The zero-order valence-corrected chi connectivity index (χ0v) is 20.6. The molecule has 0 bridgehead atoms. The van der Waals surface area contributed by atoms with Crippen LogP contribution in [0.3, 0.4) is 0 Å². The molecule has 2 rings (SSSR count). The van der Waals surface area contributed by atoms with Crippen LogP contribution in [0.5, 0.6) is 0 Å². The molecule has 9 heteroatoms. The normalized spacial score (nSPS) is 13.3. The molecule has 9 nitrogen and oxygen atoms in total. The molecule has 0 fully saturated rings. The van der Waals surface area contributed by atoms with Gasteiger partial charge in [0, 0.05) is 31.8 Å². The van der Waals surface area contributed by atoms with Crippen LogP contribution >= 0.6 is 0 Å². The zero-order valence-electron chi connectivity index (χ0n) is 20.6. The molecule has 6 N–H and O–H groups in total. The molecule has 0 saturated heterocycles. The first-order valence-electron chi connectivity index (χ1n) is 12.1. The van der Waals surface area contributed by atoms with Crippen LogP contribution in [0.4, 0.5) is 0 Å². The summed E-state index contributed by atoms with van der Waals surface area (Å²) >= 11 is 0. The monoisotopic (exact) mass is 496 g/mol. The highest BCUT2D eigenvalue weighted by atomic mass is 16.4. The molecule has 194 valence electrons. The van der Waals surface area contributed by atoms with E-state index in [1.807, 2.05) is 67.6 Å². The Kier molecular flexibility index (Phi) is 11.6. The van der Waals surface area contributed by atoms with Crippen LogP contribution in [0, 0.1) is 0 Å². The first-order chi connectivity index (χ1) is 17.2. The Morgan fingerprint density at radius 1 is 0.917 bits per heavy atom. The number of benzene rings is 2. The third-order valence-electron chi connectivity index (χ3n) is 5.80. The summed E-state index contributed by atoms with van der Waals surface area (Å²) in [5.41, 5.74) is 13.3. The number of amides is 3. The first kappa shape index (κ1) is 28.5. The summed E-state index contributed by atoms with van der Waals surface area (Å²) < 4.78 is 0. The lowest BCUT2D eigenvalue weighted by molar-refractivity contribution is -0.143. The number of primary amides is 1. The van der Waals surface area contributed by atoms with Gasteiger partial charge >= 0.3 is 5.97 Å². The van der Waals surface area contributed by atoms with Gasteiger partial charge in [0.25, 0.3) is 0 Å². The SMILES string of the molecule is CC(N)CCCN(C(=O)[C@H](Cc1ccccc1)NC(=O)CCC(=O)O)[C@@H](Cc1ccccc1)C(N)=O. The molecule has 3 atom stereocenters. The van der Waals surface area contributed by atoms with Gasteiger partial charge in [-0.15, -0.1) is 0 Å². The van der Waals surface area contributed by atoms with Gasteiger partial charge in [-0.3, -0.25) is 19.2 Å². The van der Waals surface area contributed by atoms with Crippen molar-refractivity contribution in [1.29, 1.82) is 0 Å². The average molecular weight is 497 g/mol. The second-order valence-electron chi connectivity index (χ2n) is 8.96. The molecule has 2 aromatic carbocycles. The lowest BCUT2D eigenvalue weighted by Gasteiger charge is -2.33. The summed E-state index contributed by atoms with van der Waals surface area (Å²) in [5, 5.41) is 11.6. The molecule has 0 aliphatic rings. The Labute approximate surface area is 211 Å². The number of aliphatic carboxylic acids is 1. The average Bonchev–Trinajstić information content (AvgIpc) is 2.84. The summed E-state index contributed by atoms with van der Waals surface area (Å²) in [6, 6.07) is 16.4. The van der Waals surface area contributed by atoms with Crippen LogP contribution in [0.2, 0.25) is 0 Å². The van der Waals surface area contributed by atoms with Crippen LogP contribution in [-0.4, -0.2) is 58.4 Å². The molecule has 3 amide bonds. The topological polar surface area (TPSA) is 156 Å². The summed E-state index contributed by atoms with van der Waals surface area (Å²) in [4.78, 5) is 51.3. The van der Waals surface area contributed by atoms with Crippen molar-refractivity contribution in [3.63, 3.8) is 0 Å². The fourth-order valence-corrected chi connectivity index (χ4v) is 3.94. The molecular formula is C27H36N4O5. The number of carbonyl (C=O) groups excluding carboxylic acids is 3. The van der Waals surface area contributed by atoms with Gasteiger partial charge in [-0.1, -0.05) is 60.7 Å². The predicted octanol–water partition coefficient (Wildman–Crippen LogP) is 1.63. The number of hydrogen-bond donors (Lipinski definition) is 4. The van der Waals surface area contributed by atoms with Gasteiger partial charge in [-0.2, -0.15) is 0 Å². The highest BCUT2D eigenvalue weighted by Crippen LogP contribution is 2.15. The highest BCUT2D eigenvalue weighted by molar-refractivity contribution is 5.92. The van der Waals surface area contributed by atoms with Gasteiger partial charge in [0.05, 0.1) is 6.42 Å². The Bertz CT molecular complexity index is 998. The number of carboxylic acids is 1. The Hall–Kier alpha value is -3.72. The van der Waals surface area contributed by atoms with E-state index in [4.69, 9.17) is 16.6 Å². The number of hydrogen-bond acceptors (Lipinski definition) is 5. The van der Waals surface area contributed by atoms with Crippen LogP contribution in [0.15, 0.2) is 60.7 Å². The molecular weight excluding hydrogens is 460 g/mol. The quantitative estimate of drug-likeness (QED) is 0.294.